The summed E-state index contributed by atoms with van der Waals surface area (Å²) < 4.78 is 4.82. The fourth-order valence-corrected chi connectivity index (χ4v) is 18.4. The Balaban J connectivity index is 0.000000150. The maximum Gasteiger partial charge on any atom is 0.0491 e. The van der Waals surface area contributed by atoms with E-state index in [9.17, 15) is 0 Å². The van der Waals surface area contributed by atoms with Crippen LogP contribution in [0.2, 0.25) is 0 Å². The van der Waals surface area contributed by atoms with E-state index in [-0.39, 0.29) is 0 Å². The monoisotopic (exact) mass is 1480 g/mol. The topological polar surface area (TPSA) is 9.86 Å². The summed E-state index contributed by atoms with van der Waals surface area (Å²) in [5, 5.41) is 15.5. The quantitative estimate of drug-likeness (QED) is 0.102. The molecule has 2 aromatic heterocycles. The van der Waals surface area contributed by atoms with E-state index in [0.717, 1.165) is 13.1 Å². The van der Waals surface area contributed by atoms with Gasteiger partial charge in [-0.2, -0.15) is 0 Å². The molecule has 19 aromatic carbocycles. The molecule has 0 aliphatic carbocycles. The zero-order valence-electron chi connectivity index (χ0n) is 66.3. The molecule has 0 unspecified atom stereocenters. The minimum absolute atomic E-state index is 0.953. The molecule has 0 fully saturated rings. The molecule has 0 N–H and O–H groups in total. The molecule has 0 saturated carbocycles. The van der Waals surface area contributed by atoms with Crippen molar-refractivity contribution in [2.24, 2.45) is 0 Å². The fourth-order valence-electron chi connectivity index (χ4n) is 18.4. The molecule has 2 heterocycles. The lowest BCUT2D eigenvalue weighted by atomic mass is 9.84. The molecule has 0 aliphatic heterocycles. The minimum atomic E-state index is 0.953. The Kier molecular flexibility index (Phi) is 18.2. The summed E-state index contributed by atoms with van der Waals surface area (Å²) >= 11 is 0. The van der Waals surface area contributed by atoms with E-state index in [4.69, 9.17) is 0 Å². The van der Waals surface area contributed by atoms with Gasteiger partial charge >= 0.3 is 0 Å². The maximum atomic E-state index is 2.41. The molecule has 2 nitrogen and oxygen atoms in total. The van der Waals surface area contributed by atoms with Crippen LogP contribution in [0.25, 0.3) is 209 Å². The predicted octanol–water partition coefficient (Wildman–Crippen LogP) is 31.8. The van der Waals surface area contributed by atoms with Gasteiger partial charge in [0.05, 0.1) is 0 Å². The van der Waals surface area contributed by atoms with E-state index in [0.29, 0.717) is 0 Å². The van der Waals surface area contributed by atoms with Crippen molar-refractivity contribution in [3.05, 3.63) is 411 Å². The van der Waals surface area contributed by atoms with Crippen LogP contribution in [0.5, 0.6) is 0 Å². The molecule has 552 valence electrons. The first-order valence-corrected chi connectivity index (χ1v) is 40.9. The van der Waals surface area contributed by atoms with E-state index in [2.05, 4.69) is 439 Å². The highest BCUT2D eigenvalue weighted by atomic mass is 15.0. The van der Waals surface area contributed by atoms with Crippen LogP contribution in [-0.2, 0) is 13.1 Å². The number of nitrogens with zero attached hydrogens (tertiary/aromatic N) is 2. The average molecular weight is 1480 g/mol. The molecular formula is C114H86N2. The Labute approximate surface area is 678 Å². The van der Waals surface area contributed by atoms with Gasteiger partial charge in [0.25, 0.3) is 0 Å². The number of hydrogen-bond donors (Lipinski definition) is 0. The van der Waals surface area contributed by atoms with Crippen molar-refractivity contribution in [2.75, 3.05) is 0 Å². The number of aromatic nitrogens is 2. The zero-order valence-corrected chi connectivity index (χ0v) is 66.3. The molecule has 116 heavy (non-hydrogen) atoms. The number of hydrogen-bond acceptors (Lipinski definition) is 0. The normalized spacial score (nSPS) is 11.6. The van der Waals surface area contributed by atoms with Crippen molar-refractivity contribution in [3.63, 3.8) is 0 Å². The largest absolute Gasteiger partial charge is 0.341 e. The standard InChI is InChI=1S/C60H45N.C54H41N/c1-4-61-57-17-11-10-14-51(57)54-38-50(34-35-58(54)61)47-24-22-44(23-25-47)46-28-32-49(33-29-46)60-53-16-9-8-15-52(53)59(55-36-39(2)40(3)37-56(55)60)48-30-26-45(27-31-48)43-20-18-42(19-21-43)41-12-6-5-7-13-41;1-4-55-51-17-11-10-14-45(51)48-34-44(30-31-52(48)55)41-20-18-39(19-21-41)40-24-28-43(29-25-40)54-47-16-9-8-15-46(47)53(49-32-35(2)36(3)33-50(49)54)42-26-22-38(23-27-42)37-12-6-5-7-13-37/h5-38H,4H2,1-3H3;5-34H,4H2,1-3H3. The van der Waals surface area contributed by atoms with E-state index in [1.807, 2.05) is 0 Å². The summed E-state index contributed by atoms with van der Waals surface area (Å²) in [5.41, 5.74) is 37.7. The molecule has 0 spiro atoms. The van der Waals surface area contributed by atoms with Crippen LogP contribution in [0.4, 0.5) is 0 Å². The third-order valence-corrected chi connectivity index (χ3v) is 24.7. The van der Waals surface area contributed by atoms with Crippen molar-refractivity contribution in [3.8, 4) is 122 Å². The molecule has 0 atom stereocenters. The van der Waals surface area contributed by atoms with E-state index in [1.165, 1.54) is 231 Å². The Morgan fingerprint density at radius 3 is 0.569 bits per heavy atom. The van der Waals surface area contributed by atoms with Gasteiger partial charge in [0.2, 0.25) is 0 Å². The van der Waals surface area contributed by atoms with Gasteiger partial charge in [-0.25, -0.2) is 0 Å². The third kappa shape index (κ3) is 12.6. The first-order valence-electron chi connectivity index (χ1n) is 40.9. The summed E-state index contributed by atoms with van der Waals surface area (Å²) in [6, 6.07) is 144. The lowest BCUT2D eigenvalue weighted by Gasteiger charge is -2.19. The van der Waals surface area contributed by atoms with Crippen molar-refractivity contribution in [1.29, 1.82) is 0 Å². The van der Waals surface area contributed by atoms with Crippen LogP contribution in [0.1, 0.15) is 36.1 Å². The molecule has 21 rings (SSSR count). The van der Waals surface area contributed by atoms with Crippen molar-refractivity contribution < 1.29 is 0 Å². The summed E-state index contributed by atoms with van der Waals surface area (Å²) in [7, 11) is 0. The molecule has 2 heteroatoms. The summed E-state index contributed by atoms with van der Waals surface area (Å²) in [6.07, 6.45) is 0. The van der Waals surface area contributed by atoms with Gasteiger partial charge in [-0.1, -0.05) is 352 Å². The highest BCUT2D eigenvalue weighted by Crippen LogP contribution is 2.49. The Bertz CT molecular complexity index is 7330. The van der Waals surface area contributed by atoms with E-state index in [1.54, 1.807) is 0 Å². The summed E-state index contributed by atoms with van der Waals surface area (Å²) in [5.74, 6) is 0. The van der Waals surface area contributed by atoms with Gasteiger partial charge in [0.1, 0.15) is 0 Å². The number of para-hydroxylation sites is 2. The lowest BCUT2D eigenvalue weighted by Crippen LogP contribution is -1.93. The van der Waals surface area contributed by atoms with Gasteiger partial charge in [-0.15, -0.1) is 0 Å². The van der Waals surface area contributed by atoms with E-state index < -0.39 is 0 Å². The molecule has 0 amide bonds. The van der Waals surface area contributed by atoms with Gasteiger partial charge in [-0.3, -0.25) is 0 Å². The number of fused-ring (bicyclic) bond motifs is 10. The van der Waals surface area contributed by atoms with Crippen molar-refractivity contribution in [1.82, 2.24) is 9.13 Å². The highest BCUT2D eigenvalue weighted by molar-refractivity contribution is 6.24. The Morgan fingerprint density at radius 1 is 0.147 bits per heavy atom. The SMILES string of the molecule is CCn1c2ccccc2c2cc(-c3ccc(-c4ccc(-c5c6ccccc6c(-c6ccc(-c7ccc(-c8ccccc8)cc7)cc6)c6cc(C)c(C)cc56)cc4)cc3)ccc21.CCn1c2ccccc2c2cc(-c3ccc(-c4ccc(-c5c6ccccc6c(-c6ccc(-c7ccccc7)cc6)c6cc(C)c(C)cc56)cc4)cc3)ccc21. The molecule has 0 saturated heterocycles. The van der Waals surface area contributed by atoms with Gasteiger partial charge in [0, 0.05) is 56.7 Å². The van der Waals surface area contributed by atoms with Crippen LogP contribution in [0.3, 0.4) is 0 Å². The first-order chi connectivity index (χ1) is 57.1. The third-order valence-electron chi connectivity index (χ3n) is 24.7. The lowest BCUT2D eigenvalue weighted by molar-refractivity contribution is 0.827. The number of aryl methyl sites for hydroxylation is 6. The van der Waals surface area contributed by atoms with Crippen LogP contribution in [0, 0.1) is 27.7 Å². The Morgan fingerprint density at radius 2 is 0.328 bits per heavy atom. The molecule has 0 radical (unpaired) electrons. The van der Waals surface area contributed by atoms with Gasteiger partial charge in [-0.05, 0) is 266 Å². The molecule has 21 aromatic rings. The molecular weight excluding hydrogens is 1400 g/mol. The predicted molar refractivity (Wildman–Crippen MR) is 499 cm³/mol. The second kappa shape index (κ2) is 29.7. The van der Waals surface area contributed by atoms with Gasteiger partial charge < -0.3 is 9.13 Å². The van der Waals surface area contributed by atoms with Crippen LogP contribution in [-0.4, -0.2) is 9.13 Å². The highest BCUT2D eigenvalue weighted by Gasteiger charge is 2.22. The Hall–Kier alpha value is -14.2. The van der Waals surface area contributed by atoms with Crippen LogP contribution in [0.15, 0.2) is 388 Å². The smallest absolute Gasteiger partial charge is 0.0491 e. The first kappa shape index (κ1) is 70.9. The minimum Gasteiger partial charge on any atom is -0.341 e. The molecule has 0 bridgehead atoms. The second-order valence-corrected chi connectivity index (χ2v) is 31.3. The summed E-state index contributed by atoms with van der Waals surface area (Å²) in [6.45, 7) is 15.3. The van der Waals surface area contributed by atoms with Crippen LogP contribution < -0.4 is 0 Å². The average Bonchev–Trinajstić information content (AvgIpc) is 1.32. The maximum absolute atomic E-state index is 2.41. The zero-order chi connectivity index (χ0) is 78.1. The van der Waals surface area contributed by atoms with Crippen molar-refractivity contribution in [2.45, 2.75) is 54.6 Å². The van der Waals surface area contributed by atoms with Crippen molar-refractivity contribution >= 4 is 86.7 Å². The summed E-state index contributed by atoms with van der Waals surface area (Å²) in [4.78, 5) is 0. The fraction of sp³-hybridized carbons (Fsp3) is 0.0702. The van der Waals surface area contributed by atoms with Gasteiger partial charge in [0.15, 0.2) is 0 Å². The number of benzene rings is 19. The number of rotatable bonds is 13. The molecule has 0 aliphatic rings. The van der Waals surface area contributed by atoms with Crippen LogP contribution >= 0.6 is 0 Å². The van der Waals surface area contributed by atoms with E-state index >= 15 is 0 Å². The second-order valence-electron chi connectivity index (χ2n) is 31.3.